The van der Waals surface area contributed by atoms with Gasteiger partial charge < -0.3 is 29.8 Å². The Bertz CT molecular complexity index is 1370. The molecule has 0 radical (unpaired) electrons. The summed E-state index contributed by atoms with van der Waals surface area (Å²) in [5.74, 6) is 0.346. The van der Waals surface area contributed by atoms with Crippen molar-refractivity contribution in [2.24, 2.45) is 0 Å². The topological polar surface area (TPSA) is 125 Å². The van der Waals surface area contributed by atoms with Crippen LogP contribution in [0, 0.1) is 5.82 Å². The number of benzene rings is 1. The van der Waals surface area contributed by atoms with Gasteiger partial charge >= 0.3 is 6.09 Å². The number of nitrogens with one attached hydrogen (secondary N) is 2. The number of likely N-dealkylation sites (tertiary alicyclic amines) is 1. The molecule has 10 nitrogen and oxygen atoms in total. The molecule has 0 bridgehead atoms. The number of carbonyl (C=O) groups excluding carboxylic acids is 1. The first kappa shape index (κ1) is 27.5. The molecule has 0 aliphatic carbocycles. The SMILES string of the molecule is CC(C)OC(=O)N1CC[C@@H](c2nc3c(F)cc(-c4nc(N[C@@H]5CCOC[C@H]5O)ncc4Cl)c(C(C)C)c3[nH]2)C1. The van der Waals surface area contributed by atoms with E-state index in [1.54, 1.807) is 4.90 Å². The van der Waals surface area contributed by atoms with Gasteiger partial charge in [-0.1, -0.05) is 25.4 Å². The van der Waals surface area contributed by atoms with Gasteiger partial charge in [-0.15, -0.1) is 0 Å². The van der Waals surface area contributed by atoms with E-state index in [9.17, 15) is 9.90 Å². The van der Waals surface area contributed by atoms with Crippen LogP contribution in [0.2, 0.25) is 5.02 Å². The van der Waals surface area contributed by atoms with Crippen molar-refractivity contribution in [3.63, 3.8) is 0 Å². The number of imidazole rings is 1. The highest BCUT2D eigenvalue weighted by molar-refractivity contribution is 6.33. The lowest BCUT2D eigenvalue weighted by Crippen LogP contribution is -2.42. The number of amides is 1. The minimum Gasteiger partial charge on any atom is -0.447 e. The molecular weight excluding hydrogens is 527 g/mol. The van der Waals surface area contributed by atoms with Crippen molar-refractivity contribution in [1.82, 2.24) is 24.8 Å². The number of fused-ring (bicyclic) bond motifs is 1. The molecule has 2 aliphatic heterocycles. The van der Waals surface area contributed by atoms with E-state index in [1.165, 1.54) is 12.3 Å². The fourth-order valence-electron chi connectivity index (χ4n) is 5.26. The minimum absolute atomic E-state index is 0.0164. The molecule has 0 unspecified atom stereocenters. The second-order valence-electron chi connectivity index (χ2n) is 10.8. The number of carbonyl (C=O) groups is 1. The van der Waals surface area contributed by atoms with E-state index in [4.69, 9.17) is 21.1 Å². The van der Waals surface area contributed by atoms with Gasteiger partial charge in [0.1, 0.15) is 11.3 Å². The predicted molar refractivity (Wildman–Crippen MR) is 146 cm³/mol. The van der Waals surface area contributed by atoms with Gasteiger partial charge in [0.25, 0.3) is 0 Å². The zero-order valence-corrected chi connectivity index (χ0v) is 23.3. The molecule has 210 valence electrons. The van der Waals surface area contributed by atoms with E-state index in [2.05, 4.69) is 25.3 Å². The second kappa shape index (κ2) is 11.2. The maximum Gasteiger partial charge on any atom is 0.410 e. The van der Waals surface area contributed by atoms with Gasteiger partial charge in [0.15, 0.2) is 5.82 Å². The maximum atomic E-state index is 15.6. The lowest BCUT2D eigenvalue weighted by Gasteiger charge is -2.28. The lowest BCUT2D eigenvalue weighted by molar-refractivity contribution is -0.0136. The van der Waals surface area contributed by atoms with E-state index in [0.717, 1.165) is 5.56 Å². The molecule has 5 rings (SSSR count). The van der Waals surface area contributed by atoms with Gasteiger partial charge in [-0.2, -0.15) is 0 Å². The molecule has 0 saturated carbocycles. The van der Waals surface area contributed by atoms with Crippen LogP contribution in [-0.4, -0.2) is 80.6 Å². The number of aliphatic hydroxyl groups is 1. The molecule has 12 heteroatoms. The van der Waals surface area contributed by atoms with Crippen molar-refractivity contribution in [2.75, 3.05) is 31.6 Å². The largest absolute Gasteiger partial charge is 0.447 e. The fraction of sp³-hybridized carbons (Fsp3) is 0.556. The molecule has 3 atom stereocenters. The smallest absolute Gasteiger partial charge is 0.410 e. The molecule has 1 amide bonds. The molecule has 39 heavy (non-hydrogen) atoms. The van der Waals surface area contributed by atoms with Crippen LogP contribution in [0.25, 0.3) is 22.3 Å². The summed E-state index contributed by atoms with van der Waals surface area (Å²) < 4.78 is 26.2. The summed E-state index contributed by atoms with van der Waals surface area (Å²) in [5.41, 5.74) is 2.59. The van der Waals surface area contributed by atoms with E-state index in [-0.39, 0.29) is 47.2 Å². The van der Waals surface area contributed by atoms with Crippen LogP contribution >= 0.6 is 11.6 Å². The number of hydrogen-bond acceptors (Lipinski definition) is 8. The van der Waals surface area contributed by atoms with Crippen molar-refractivity contribution >= 4 is 34.7 Å². The predicted octanol–water partition coefficient (Wildman–Crippen LogP) is 4.83. The molecule has 2 aromatic heterocycles. The molecule has 2 fully saturated rings. The number of halogens is 2. The van der Waals surface area contributed by atoms with E-state index in [1.807, 2.05) is 27.7 Å². The molecular formula is C27H34ClFN6O4. The summed E-state index contributed by atoms with van der Waals surface area (Å²) in [7, 11) is 0. The van der Waals surface area contributed by atoms with E-state index >= 15 is 4.39 Å². The number of aromatic amines is 1. The highest BCUT2D eigenvalue weighted by Crippen LogP contribution is 2.39. The van der Waals surface area contributed by atoms with Crippen molar-refractivity contribution < 1.29 is 23.8 Å². The number of nitrogens with zero attached hydrogens (tertiary/aromatic N) is 4. The first-order chi connectivity index (χ1) is 18.6. The van der Waals surface area contributed by atoms with Gasteiger partial charge in [-0.3, -0.25) is 0 Å². The standard InChI is InChI=1S/C27H34ClFN6O4/c1-13(2)21-16(22-17(28)10-30-26(34-22)31-19-6-8-38-12-20(19)36)9-18(29)23-24(21)33-25(32-23)15-5-7-35(11-15)27(37)39-14(3)4/h9-10,13-15,19-20,36H,5-8,11-12H2,1-4H3,(H,32,33)(H,30,31,34)/t15-,19-,20-/m1/s1. The zero-order chi connectivity index (χ0) is 27.8. The quantitative estimate of drug-likeness (QED) is 0.391. The minimum atomic E-state index is -0.691. The van der Waals surface area contributed by atoms with Crippen molar-refractivity contribution in [1.29, 1.82) is 0 Å². The molecule has 3 N–H and O–H groups in total. The van der Waals surface area contributed by atoms with Crippen LogP contribution in [0.1, 0.15) is 63.8 Å². The molecule has 3 aromatic rings. The van der Waals surface area contributed by atoms with Crippen LogP contribution in [-0.2, 0) is 9.47 Å². The molecule has 2 saturated heterocycles. The number of aromatic nitrogens is 4. The number of aliphatic hydroxyl groups excluding tert-OH is 1. The van der Waals surface area contributed by atoms with E-state index < -0.39 is 11.9 Å². The highest BCUT2D eigenvalue weighted by atomic mass is 35.5. The van der Waals surface area contributed by atoms with Crippen molar-refractivity contribution in [3.8, 4) is 11.3 Å². The van der Waals surface area contributed by atoms with Crippen LogP contribution in [0.5, 0.6) is 0 Å². The highest BCUT2D eigenvalue weighted by Gasteiger charge is 2.32. The Morgan fingerprint density at radius 2 is 2.10 bits per heavy atom. The first-order valence-electron chi connectivity index (χ1n) is 13.3. The van der Waals surface area contributed by atoms with Gasteiger partial charge in [0.2, 0.25) is 5.95 Å². The summed E-state index contributed by atoms with van der Waals surface area (Å²) in [4.78, 5) is 30.9. The van der Waals surface area contributed by atoms with Gasteiger partial charge in [-0.05, 0) is 44.2 Å². The summed E-state index contributed by atoms with van der Waals surface area (Å²) in [5, 5.41) is 13.7. The number of anilines is 1. The number of ether oxygens (including phenoxy) is 2. The second-order valence-corrected chi connectivity index (χ2v) is 11.2. The average Bonchev–Trinajstić information content (AvgIpc) is 3.54. The summed E-state index contributed by atoms with van der Waals surface area (Å²) in [6, 6.07) is 1.15. The normalized spacial score (nSPS) is 21.8. The van der Waals surface area contributed by atoms with E-state index in [0.29, 0.717) is 61.1 Å². The Labute approximate surface area is 231 Å². The third-order valence-corrected chi connectivity index (χ3v) is 7.44. The summed E-state index contributed by atoms with van der Waals surface area (Å²) in [6.45, 7) is 9.41. The van der Waals surface area contributed by atoms with Crippen LogP contribution in [0.15, 0.2) is 12.3 Å². The fourth-order valence-corrected chi connectivity index (χ4v) is 5.46. The van der Waals surface area contributed by atoms with Crippen LogP contribution in [0.4, 0.5) is 15.1 Å². The molecule has 2 aliphatic rings. The Morgan fingerprint density at radius 3 is 2.82 bits per heavy atom. The molecule has 1 aromatic carbocycles. The Morgan fingerprint density at radius 1 is 1.31 bits per heavy atom. The average molecular weight is 561 g/mol. The number of hydrogen-bond donors (Lipinski definition) is 3. The van der Waals surface area contributed by atoms with Gasteiger partial charge in [0, 0.05) is 31.2 Å². The Hall–Kier alpha value is -3.02. The maximum absolute atomic E-state index is 15.6. The monoisotopic (exact) mass is 560 g/mol. The summed E-state index contributed by atoms with van der Waals surface area (Å²) >= 11 is 6.55. The third-order valence-electron chi connectivity index (χ3n) is 7.17. The Kier molecular flexibility index (Phi) is 7.93. The molecule has 4 heterocycles. The molecule has 0 spiro atoms. The zero-order valence-electron chi connectivity index (χ0n) is 22.5. The number of H-pyrrole nitrogens is 1. The third kappa shape index (κ3) is 5.66. The van der Waals surface area contributed by atoms with Crippen molar-refractivity contribution in [2.45, 2.75) is 70.6 Å². The first-order valence-corrected chi connectivity index (χ1v) is 13.7. The lowest BCUT2D eigenvalue weighted by atomic mass is 9.93. The van der Waals surface area contributed by atoms with Gasteiger partial charge in [0.05, 0.1) is 47.3 Å². The van der Waals surface area contributed by atoms with Crippen LogP contribution < -0.4 is 5.32 Å². The number of rotatable bonds is 6. The van der Waals surface area contributed by atoms with Gasteiger partial charge in [-0.25, -0.2) is 24.1 Å². The van der Waals surface area contributed by atoms with Crippen LogP contribution in [0.3, 0.4) is 0 Å². The Balaban J connectivity index is 1.50. The van der Waals surface area contributed by atoms with Crippen molar-refractivity contribution in [3.05, 3.63) is 34.5 Å². The summed E-state index contributed by atoms with van der Waals surface area (Å²) in [6.07, 6.45) is 1.54.